The van der Waals surface area contributed by atoms with Crippen molar-refractivity contribution in [2.75, 3.05) is 4.72 Å². The Hall–Kier alpha value is -2.10. The number of carboxylic acids is 1. The van der Waals surface area contributed by atoms with Gasteiger partial charge in [-0.3, -0.25) is 4.72 Å². The van der Waals surface area contributed by atoms with Gasteiger partial charge in [0.15, 0.2) is 0 Å². The summed E-state index contributed by atoms with van der Waals surface area (Å²) in [5, 5.41) is 11.3. The molecule has 0 radical (unpaired) electrons. The SMILES string of the molecule is O=C([O-])c1[nH]c2ccc(F)cc2c1NS(=O)(=O)c1ccc(Cl)s1. The molecule has 6 nitrogen and oxygen atoms in total. The number of H-pyrrole nitrogens is 1. The Morgan fingerprint density at radius 1 is 1.30 bits per heavy atom. The highest BCUT2D eigenvalue weighted by molar-refractivity contribution is 7.94. The minimum Gasteiger partial charge on any atom is -0.543 e. The number of carbonyl (C=O) groups is 1. The van der Waals surface area contributed by atoms with E-state index in [4.69, 9.17) is 11.6 Å². The number of carbonyl (C=O) groups excluding carboxylic acids is 1. The third kappa shape index (κ3) is 2.90. The van der Waals surface area contributed by atoms with E-state index in [-0.39, 0.29) is 25.1 Å². The van der Waals surface area contributed by atoms with Crippen molar-refractivity contribution in [3.05, 3.63) is 46.2 Å². The predicted octanol–water partition coefficient (Wildman–Crippen LogP) is 2.19. The zero-order chi connectivity index (χ0) is 16.8. The highest BCUT2D eigenvalue weighted by atomic mass is 35.5. The number of rotatable bonds is 4. The van der Waals surface area contributed by atoms with Crippen LogP contribution < -0.4 is 9.83 Å². The number of halogens is 2. The zero-order valence-electron chi connectivity index (χ0n) is 11.1. The largest absolute Gasteiger partial charge is 0.543 e. The van der Waals surface area contributed by atoms with Crippen LogP contribution in [0.1, 0.15) is 10.5 Å². The lowest BCUT2D eigenvalue weighted by molar-refractivity contribution is -0.255. The maximum absolute atomic E-state index is 13.4. The van der Waals surface area contributed by atoms with Crippen LogP contribution in [0.15, 0.2) is 34.5 Å². The fourth-order valence-corrected chi connectivity index (χ4v) is 4.63. The Labute approximate surface area is 138 Å². The molecular formula is C13H7ClFN2O4S2-. The number of nitrogens with one attached hydrogen (secondary N) is 2. The number of thiophene rings is 1. The fraction of sp³-hybridized carbons (Fsp3) is 0. The van der Waals surface area contributed by atoms with Crippen LogP contribution in [0.2, 0.25) is 4.34 Å². The first-order valence-corrected chi connectivity index (χ1v) is 8.76. The normalized spacial score (nSPS) is 11.7. The number of hydrogen-bond acceptors (Lipinski definition) is 5. The van der Waals surface area contributed by atoms with E-state index in [1.54, 1.807) is 0 Å². The molecule has 10 heteroatoms. The second-order valence-electron chi connectivity index (χ2n) is 4.52. The maximum atomic E-state index is 13.4. The molecule has 0 fully saturated rings. The van der Waals surface area contributed by atoms with Gasteiger partial charge in [0, 0.05) is 10.9 Å². The van der Waals surface area contributed by atoms with Crippen LogP contribution in [0.5, 0.6) is 0 Å². The first-order chi connectivity index (χ1) is 10.8. The molecule has 2 heterocycles. The van der Waals surface area contributed by atoms with E-state index in [9.17, 15) is 22.7 Å². The lowest BCUT2D eigenvalue weighted by Crippen LogP contribution is -2.24. The number of hydrogen-bond donors (Lipinski definition) is 2. The number of anilines is 1. The van der Waals surface area contributed by atoms with Crippen molar-refractivity contribution in [3.8, 4) is 0 Å². The number of aromatic carboxylic acids is 1. The second kappa shape index (κ2) is 5.52. The molecular weight excluding hydrogens is 367 g/mol. The highest BCUT2D eigenvalue weighted by Gasteiger charge is 2.22. The average Bonchev–Trinajstić information content (AvgIpc) is 3.04. The Balaban J connectivity index is 2.17. The number of aromatic amines is 1. The van der Waals surface area contributed by atoms with Gasteiger partial charge < -0.3 is 14.9 Å². The minimum absolute atomic E-state index is 0.0791. The molecule has 3 rings (SSSR count). The standard InChI is InChI=1S/C13H8ClFN2O4S2/c14-9-3-4-10(22-9)23(20,21)17-11-7-5-6(15)1-2-8(7)16-12(11)13(18)19/h1-5,16-17H,(H,18,19)/p-1. The summed E-state index contributed by atoms with van der Waals surface area (Å²) < 4.78 is 40.4. The molecule has 120 valence electrons. The van der Waals surface area contributed by atoms with Gasteiger partial charge in [0.05, 0.1) is 21.7 Å². The summed E-state index contributed by atoms with van der Waals surface area (Å²) >= 11 is 6.52. The van der Waals surface area contributed by atoms with Gasteiger partial charge in [-0.2, -0.15) is 0 Å². The van der Waals surface area contributed by atoms with Crippen molar-refractivity contribution in [2.24, 2.45) is 0 Å². The lowest BCUT2D eigenvalue weighted by Gasteiger charge is -2.08. The number of aromatic nitrogens is 1. The highest BCUT2D eigenvalue weighted by Crippen LogP contribution is 2.32. The molecule has 2 N–H and O–H groups in total. The van der Waals surface area contributed by atoms with Crippen LogP contribution >= 0.6 is 22.9 Å². The third-order valence-corrected chi connectivity index (χ3v) is 6.09. The summed E-state index contributed by atoms with van der Waals surface area (Å²) in [6.45, 7) is 0. The third-order valence-electron chi connectivity index (χ3n) is 3.01. The van der Waals surface area contributed by atoms with E-state index in [0.717, 1.165) is 23.5 Å². The van der Waals surface area contributed by atoms with E-state index in [0.29, 0.717) is 0 Å². The molecule has 0 bridgehead atoms. The monoisotopic (exact) mass is 373 g/mol. The first kappa shape index (κ1) is 15.8. The molecule has 0 atom stereocenters. The van der Waals surface area contributed by atoms with Gasteiger partial charge in [-0.25, -0.2) is 12.8 Å². The topological polar surface area (TPSA) is 102 Å². The molecule has 0 saturated carbocycles. The summed E-state index contributed by atoms with van der Waals surface area (Å²) in [6.07, 6.45) is 0. The Morgan fingerprint density at radius 2 is 2.04 bits per heavy atom. The van der Waals surface area contributed by atoms with Crippen LogP contribution in [-0.4, -0.2) is 19.4 Å². The van der Waals surface area contributed by atoms with Gasteiger partial charge in [-0.15, -0.1) is 11.3 Å². The molecule has 0 spiro atoms. The van der Waals surface area contributed by atoms with Gasteiger partial charge in [-0.1, -0.05) is 11.6 Å². The van der Waals surface area contributed by atoms with Gasteiger partial charge in [0.2, 0.25) is 0 Å². The van der Waals surface area contributed by atoms with Gasteiger partial charge in [-0.05, 0) is 30.3 Å². The summed E-state index contributed by atoms with van der Waals surface area (Å²) in [5.41, 5.74) is -0.520. The molecule has 0 aliphatic rings. The van der Waals surface area contributed by atoms with Crippen LogP contribution in [0.25, 0.3) is 10.9 Å². The number of carboxylic acid groups (broad SMARTS) is 1. The molecule has 0 aliphatic carbocycles. The molecule has 0 amide bonds. The molecule has 1 aromatic carbocycles. The zero-order valence-corrected chi connectivity index (χ0v) is 13.5. The lowest BCUT2D eigenvalue weighted by atomic mass is 10.2. The summed E-state index contributed by atoms with van der Waals surface area (Å²) in [4.78, 5) is 13.7. The molecule has 23 heavy (non-hydrogen) atoms. The van der Waals surface area contributed by atoms with Gasteiger partial charge >= 0.3 is 0 Å². The van der Waals surface area contributed by atoms with E-state index in [1.165, 1.54) is 18.2 Å². The molecule has 0 saturated heterocycles. The Kier molecular flexibility index (Phi) is 3.78. The second-order valence-corrected chi connectivity index (χ2v) is 8.14. The van der Waals surface area contributed by atoms with Crippen molar-refractivity contribution >= 4 is 55.5 Å². The van der Waals surface area contributed by atoms with Crippen molar-refractivity contribution in [1.29, 1.82) is 0 Å². The number of sulfonamides is 1. The van der Waals surface area contributed by atoms with Crippen molar-refractivity contribution < 1.29 is 22.7 Å². The molecule has 0 aliphatic heterocycles. The number of fused-ring (bicyclic) bond motifs is 1. The van der Waals surface area contributed by atoms with E-state index in [2.05, 4.69) is 9.71 Å². The van der Waals surface area contributed by atoms with E-state index < -0.39 is 27.5 Å². The van der Waals surface area contributed by atoms with Crippen LogP contribution in [-0.2, 0) is 10.0 Å². The van der Waals surface area contributed by atoms with Gasteiger partial charge in [0.1, 0.15) is 10.0 Å². The molecule has 2 aromatic heterocycles. The number of benzene rings is 1. The van der Waals surface area contributed by atoms with Crippen LogP contribution in [0.3, 0.4) is 0 Å². The quantitative estimate of drug-likeness (QED) is 0.731. The van der Waals surface area contributed by atoms with Crippen LogP contribution in [0.4, 0.5) is 10.1 Å². The van der Waals surface area contributed by atoms with Crippen molar-refractivity contribution in [3.63, 3.8) is 0 Å². The predicted molar refractivity (Wildman–Crippen MR) is 82.7 cm³/mol. The van der Waals surface area contributed by atoms with Crippen LogP contribution in [0, 0.1) is 5.82 Å². The molecule has 3 aromatic rings. The van der Waals surface area contributed by atoms with Gasteiger partial charge in [0.25, 0.3) is 10.0 Å². The Bertz CT molecular complexity index is 1030. The molecule has 0 unspecified atom stereocenters. The summed E-state index contributed by atoms with van der Waals surface area (Å²) in [5.74, 6) is -2.26. The summed E-state index contributed by atoms with van der Waals surface area (Å²) in [6, 6.07) is 6.13. The maximum Gasteiger partial charge on any atom is 0.271 e. The van der Waals surface area contributed by atoms with Crippen molar-refractivity contribution in [2.45, 2.75) is 4.21 Å². The fourth-order valence-electron chi connectivity index (χ4n) is 2.05. The Morgan fingerprint density at radius 3 is 2.65 bits per heavy atom. The average molecular weight is 374 g/mol. The van der Waals surface area contributed by atoms with E-state index in [1.807, 2.05) is 0 Å². The first-order valence-electron chi connectivity index (χ1n) is 6.08. The van der Waals surface area contributed by atoms with Crippen molar-refractivity contribution in [1.82, 2.24) is 4.98 Å². The smallest absolute Gasteiger partial charge is 0.271 e. The minimum atomic E-state index is -4.07. The van der Waals surface area contributed by atoms with E-state index >= 15 is 0 Å². The summed E-state index contributed by atoms with van der Waals surface area (Å²) in [7, 11) is -4.07.